The number of nitro groups is 1. The number of hydrogen-bond donors (Lipinski definition) is 0. The van der Waals surface area contributed by atoms with Gasteiger partial charge in [-0.15, -0.1) is 0 Å². The first-order chi connectivity index (χ1) is 15.6. The zero-order chi connectivity index (χ0) is 25.9. The Morgan fingerprint density at radius 1 is 1.18 bits per heavy atom. The number of ether oxygens (including phenoxy) is 2. The summed E-state index contributed by atoms with van der Waals surface area (Å²) in [5.74, 6) is 0.0405. The zero-order valence-electron chi connectivity index (χ0n) is 18.6. The van der Waals surface area contributed by atoms with E-state index in [4.69, 9.17) is 49.6 Å². The molecule has 0 aliphatic rings. The van der Waals surface area contributed by atoms with Crippen molar-refractivity contribution >= 4 is 57.9 Å². The number of halogens is 4. The molecule has 186 valence electrons. The largest absolute Gasteiger partial charge is 0.460 e. The SMILES string of the molecule is CCP(=S)(OCOC(=S)C(C)(C)C)c1cc(Oc2ccc(C(F)(F)F)cc2Cl)ccc1[N+](=O)[O-]. The molecule has 0 heterocycles. The molecule has 0 bridgehead atoms. The van der Waals surface area contributed by atoms with Gasteiger partial charge in [-0.3, -0.25) is 10.1 Å². The fraction of sp³-hybridized carbons (Fsp3) is 0.381. The number of nitrogens with zero attached hydrogens (tertiary/aromatic N) is 1. The monoisotopic (exact) mass is 555 g/mol. The average Bonchev–Trinajstić information content (AvgIpc) is 2.73. The van der Waals surface area contributed by atoms with E-state index >= 15 is 0 Å². The third-order valence-corrected chi connectivity index (χ3v) is 9.63. The van der Waals surface area contributed by atoms with Gasteiger partial charge < -0.3 is 14.0 Å². The molecule has 0 aromatic heterocycles. The lowest BCUT2D eigenvalue weighted by molar-refractivity contribution is -0.383. The van der Waals surface area contributed by atoms with E-state index in [0.29, 0.717) is 5.05 Å². The van der Waals surface area contributed by atoms with Crippen molar-refractivity contribution in [2.45, 2.75) is 33.9 Å². The third-order valence-electron chi connectivity index (χ3n) is 4.48. The summed E-state index contributed by atoms with van der Waals surface area (Å²) in [6.45, 7) is 7.04. The molecule has 2 aromatic carbocycles. The molecule has 13 heteroatoms. The fourth-order valence-electron chi connectivity index (χ4n) is 2.59. The predicted octanol–water partition coefficient (Wildman–Crippen LogP) is 7.46. The Bertz CT molecular complexity index is 1140. The Hall–Kier alpha value is -1.78. The van der Waals surface area contributed by atoms with Crippen molar-refractivity contribution in [2.75, 3.05) is 13.0 Å². The molecule has 0 saturated carbocycles. The highest BCUT2D eigenvalue weighted by atomic mass is 35.5. The molecule has 34 heavy (non-hydrogen) atoms. The van der Waals surface area contributed by atoms with E-state index in [9.17, 15) is 23.3 Å². The van der Waals surface area contributed by atoms with Crippen LogP contribution in [0, 0.1) is 15.5 Å². The highest BCUT2D eigenvalue weighted by molar-refractivity contribution is 8.16. The molecule has 1 atom stereocenters. The lowest BCUT2D eigenvalue weighted by atomic mass is 9.98. The number of hydrogen-bond acceptors (Lipinski definition) is 7. The summed E-state index contributed by atoms with van der Waals surface area (Å²) in [5, 5.41) is 11.8. The molecule has 0 aliphatic heterocycles. The minimum atomic E-state index is -4.56. The second-order valence-electron chi connectivity index (χ2n) is 8.07. The van der Waals surface area contributed by atoms with Gasteiger partial charge in [0.25, 0.3) is 5.69 Å². The molecule has 2 rings (SSSR count). The normalized spacial score (nSPS) is 13.8. The van der Waals surface area contributed by atoms with Crippen LogP contribution in [0.1, 0.15) is 33.3 Å². The highest BCUT2D eigenvalue weighted by Gasteiger charge is 2.32. The maximum atomic E-state index is 12.9. The molecule has 6 nitrogen and oxygen atoms in total. The van der Waals surface area contributed by atoms with E-state index in [1.54, 1.807) is 6.92 Å². The van der Waals surface area contributed by atoms with Crippen molar-refractivity contribution in [3.63, 3.8) is 0 Å². The van der Waals surface area contributed by atoms with Crippen molar-refractivity contribution in [3.05, 3.63) is 57.1 Å². The van der Waals surface area contributed by atoms with Crippen LogP contribution in [0.4, 0.5) is 18.9 Å². The minimum absolute atomic E-state index is 0.0564. The predicted molar refractivity (Wildman–Crippen MR) is 133 cm³/mol. The van der Waals surface area contributed by atoms with Crippen LogP contribution in [0.2, 0.25) is 5.02 Å². The molecule has 0 radical (unpaired) electrons. The smallest absolute Gasteiger partial charge is 0.416 e. The van der Waals surface area contributed by atoms with Crippen LogP contribution in [-0.2, 0) is 27.2 Å². The first kappa shape index (κ1) is 28.5. The van der Waals surface area contributed by atoms with Gasteiger partial charge in [0.1, 0.15) is 17.8 Å². The molecular weight excluding hydrogens is 534 g/mol. The van der Waals surface area contributed by atoms with Gasteiger partial charge in [0.2, 0.25) is 0 Å². The van der Waals surface area contributed by atoms with Gasteiger partial charge in [0.05, 0.1) is 20.8 Å². The summed E-state index contributed by atoms with van der Waals surface area (Å²) in [7, 11) is 0. The van der Waals surface area contributed by atoms with Gasteiger partial charge in [-0.25, -0.2) is 0 Å². The van der Waals surface area contributed by atoms with Gasteiger partial charge >= 0.3 is 6.18 Å². The van der Waals surface area contributed by atoms with Crippen LogP contribution in [-0.4, -0.2) is 22.9 Å². The molecule has 2 aromatic rings. The van der Waals surface area contributed by atoms with Gasteiger partial charge in [0.15, 0.2) is 11.8 Å². The van der Waals surface area contributed by atoms with Gasteiger partial charge in [-0.1, -0.05) is 51.1 Å². The van der Waals surface area contributed by atoms with Crippen LogP contribution in [0.25, 0.3) is 0 Å². The van der Waals surface area contributed by atoms with Crippen LogP contribution in [0.15, 0.2) is 36.4 Å². The van der Waals surface area contributed by atoms with Crippen molar-refractivity contribution in [1.82, 2.24) is 0 Å². The molecule has 0 saturated heterocycles. The van der Waals surface area contributed by atoms with Crippen molar-refractivity contribution < 1.29 is 32.1 Å². The van der Waals surface area contributed by atoms with Gasteiger partial charge in [-0.2, -0.15) is 13.2 Å². The summed E-state index contributed by atoms with van der Waals surface area (Å²) in [6.07, 6.45) is -7.28. The first-order valence-corrected chi connectivity index (χ1v) is 13.5. The Morgan fingerprint density at radius 2 is 1.82 bits per heavy atom. The molecule has 0 spiro atoms. The second-order valence-corrected chi connectivity index (χ2v) is 13.3. The standard InChI is InChI=1S/C21H22ClF3NO5PS2/c1-5-32(34,30-12-29-19(33)20(2,3)4)18-11-14(7-8-16(18)26(27)28)31-17-9-6-13(10-15(17)22)21(23,24)25/h6-11H,5,12H2,1-4H3. The topological polar surface area (TPSA) is 70.8 Å². The third kappa shape index (κ3) is 7.11. The number of benzene rings is 2. The van der Waals surface area contributed by atoms with E-state index in [1.807, 2.05) is 20.8 Å². The van der Waals surface area contributed by atoms with E-state index < -0.39 is 28.3 Å². The zero-order valence-corrected chi connectivity index (χ0v) is 21.9. The molecule has 0 N–H and O–H groups in total. The maximum absolute atomic E-state index is 12.9. The Kier molecular flexibility index (Phi) is 9.10. The fourth-order valence-corrected chi connectivity index (χ4v) is 5.14. The summed E-state index contributed by atoms with van der Waals surface area (Å²) < 4.78 is 55.5. The van der Waals surface area contributed by atoms with Crippen molar-refractivity contribution in [3.8, 4) is 11.5 Å². The summed E-state index contributed by atoms with van der Waals surface area (Å²) >= 11 is 16.8. The second kappa shape index (κ2) is 10.9. The Balaban J connectivity index is 2.37. The number of rotatable bonds is 8. The van der Waals surface area contributed by atoms with Gasteiger partial charge in [0, 0.05) is 17.6 Å². The van der Waals surface area contributed by atoms with Crippen LogP contribution >= 0.6 is 30.1 Å². The number of alkyl halides is 3. The molecule has 0 fully saturated rings. The summed E-state index contributed by atoms with van der Waals surface area (Å²) in [4.78, 5) is 11.1. The lowest BCUT2D eigenvalue weighted by Gasteiger charge is -2.24. The summed E-state index contributed by atoms with van der Waals surface area (Å²) in [5.41, 5.74) is -1.61. The highest BCUT2D eigenvalue weighted by Crippen LogP contribution is 2.49. The van der Waals surface area contributed by atoms with Gasteiger partial charge in [-0.05, 0) is 42.5 Å². The van der Waals surface area contributed by atoms with E-state index in [-0.39, 0.29) is 40.5 Å². The van der Waals surface area contributed by atoms with Crippen LogP contribution < -0.4 is 10.0 Å². The lowest BCUT2D eigenvalue weighted by Crippen LogP contribution is -2.23. The molecular formula is C21H22ClF3NO5PS2. The molecule has 0 amide bonds. The van der Waals surface area contributed by atoms with Crippen molar-refractivity contribution in [1.29, 1.82) is 0 Å². The minimum Gasteiger partial charge on any atom is -0.460 e. The van der Waals surface area contributed by atoms with E-state index in [1.165, 1.54) is 18.2 Å². The van der Waals surface area contributed by atoms with Crippen LogP contribution in [0.3, 0.4) is 0 Å². The maximum Gasteiger partial charge on any atom is 0.416 e. The Morgan fingerprint density at radius 3 is 2.32 bits per heavy atom. The molecule has 0 aliphatic carbocycles. The van der Waals surface area contributed by atoms with Crippen molar-refractivity contribution in [2.24, 2.45) is 5.41 Å². The number of nitro benzene ring substituents is 1. The summed E-state index contributed by atoms with van der Waals surface area (Å²) in [6, 6.07) is 6.47. The van der Waals surface area contributed by atoms with E-state index in [0.717, 1.165) is 18.2 Å². The Labute approximate surface area is 210 Å². The van der Waals surface area contributed by atoms with Crippen LogP contribution in [0.5, 0.6) is 11.5 Å². The first-order valence-electron chi connectivity index (χ1n) is 9.83. The number of thiocarbonyl (C=S) groups is 1. The quantitative estimate of drug-likeness (QED) is 0.110. The average molecular weight is 556 g/mol. The van der Waals surface area contributed by atoms with E-state index in [2.05, 4.69) is 0 Å². The molecule has 1 unspecified atom stereocenters.